The summed E-state index contributed by atoms with van der Waals surface area (Å²) in [5, 5.41) is 0. The van der Waals surface area contributed by atoms with Crippen molar-refractivity contribution in [2.24, 2.45) is 5.92 Å². The van der Waals surface area contributed by atoms with E-state index in [9.17, 15) is 9.59 Å². The molecular weight excluding hydrogens is 244 g/mol. The molecule has 0 aliphatic heterocycles. The lowest BCUT2D eigenvalue weighted by Gasteiger charge is -2.12. The van der Waals surface area contributed by atoms with Gasteiger partial charge in [0.05, 0.1) is 24.3 Å². The molecule has 0 aliphatic rings. The Kier molecular flexibility index (Phi) is 5.55. The molecule has 0 fully saturated rings. The molecule has 0 radical (unpaired) electrons. The smallest absolute Gasteiger partial charge is 0.339 e. The molecule has 104 valence electrons. The van der Waals surface area contributed by atoms with Crippen LogP contribution in [-0.2, 0) is 9.47 Å². The number of hydrogen-bond donors (Lipinski definition) is 0. The zero-order chi connectivity index (χ0) is 14.4. The highest BCUT2D eigenvalue weighted by Gasteiger charge is 2.21. The average Bonchev–Trinajstić information content (AvgIpc) is 2.35. The molecule has 4 heteroatoms. The van der Waals surface area contributed by atoms with Crippen LogP contribution in [0.25, 0.3) is 0 Å². The molecule has 19 heavy (non-hydrogen) atoms. The van der Waals surface area contributed by atoms with Crippen LogP contribution in [0.4, 0.5) is 0 Å². The Morgan fingerprint density at radius 1 is 1.16 bits per heavy atom. The highest BCUT2D eigenvalue weighted by atomic mass is 16.5. The maximum atomic E-state index is 12.1. The molecule has 0 N–H and O–H groups in total. The second-order valence-corrected chi connectivity index (χ2v) is 4.71. The van der Waals surface area contributed by atoms with Crippen molar-refractivity contribution in [3.63, 3.8) is 0 Å². The summed E-state index contributed by atoms with van der Waals surface area (Å²) in [6.45, 7) is 8.01. The van der Waals surface area contributed by atoms with Gasteiger partial charge in [-0.1, -0.05) is 26.0 Å². The minimum absolute atomic E-state index is 0.249. The summed E-state index contributed by atoms with van der Waals surface area (Å²) in [5.41, 5.74) is 1.26. The van der Waals surface area contributed by atoms with Crippen LogP contribution in [0.15, 0.2) is 18.2 Å². The zero-order valence-electron chi connectivity index (χ0n) is 11.9. The summed E-state index contributed by atoms with van der Waals surface area (Å²) in [6, 6.07) is 5.08. The Balaban J connectivity index is 3.04. The summed E-state index contributed by atoms with van der Waals surface area (Å²) in [7, 11) is 0. The molecular formula is C15H20O4. The Hall–Kier alpha value is -1.84. The van der Waals surface area contributed by atoms with E-state index < -0.39 is 11.9 Å². The molecule has 0 bridgehead atoms. The molecule has 0 saturated heterocycles. The first kappa shape index (κ1) is 15.2. The first-order chi connectivity index (χ1) is 8.97. The normalized spacial score (nSPS) is 10.4. The van der Waals surface area contributed by atoms with Crippen LogP contribution in [-0.4, -0.2) is 25.2 Å². The summed E-state index contributed by atoms with van der Waals surface area (Å²) in [5.74, 6) is -0.725. The third kappa shape index (κ3) is 4.09. The van der Waals surface area contributed by atoms with Gasteiger partial charge in [-0.2, -0.15) is 0 Å². The summed E-state index contributed by atoms with van der Waals surface area (Å²) in [6.07, 6.45) is 0. The monoisotopic (exact) mass is 264 g/mol. The molecule has 0 amide bonds. The predicted molar refractivity (Wildman–Crippen MR) is 72.3 cm³/mol. The molecule has 0 aliphatic carbocycles. The molecule has 0 heterocycles. The van der Waals surface area contributed by atoms with E-state index in [2.05, 4.69) is 0 Å². The number of esters is 2. The quantitative estimate of drug-likeness (QED) is 0.767. The molecule has 1 aromatic rings. The van der Waals surface area contributed by atoms with E-state index in [-0.39, 0.29) is 18.1 Å². The molecule has 1 aromatic carbocycles. The summed E-state index contributed by atoms with van der Waals surface area (Å²) < 4.78 is 10.1. The molecule has 0 saturated carbocycles. The SMILES string of the molecule is CCOC(=O)c1cccc(C)c1C(=O)OCC(C)C. The Morgan fingerprint density at radius 2 is 1.84 bits per heavy atom. The Morgan fingerprint density at radius 3 is 2.42 bits per heavy atom. The van der Waals surface area contributed by atoms with Gasteiger partial charge in [-0.05, 0) is 31.4 Å². The fourth-order valence-electron chi connectivity index (χ4n) is 1.63. The maximum Gasteiger partial charge on any atom is 0.339 e. The van der Waals surface area contributed by atoms with Crippen molar-refractivity contribution in [1.82, 2.24) is 0 Å². The van der Waals surface area contributed by atoms with E-state index in [4.69, 9.17) is 9.47 Å². The largest absolute Gasteiger partial charge is 0.462 e. The van der Waals surface area contributed by atoms with Gasteiger partial charge in [-0.15, -0.1) is 0 Å². The van der Waals surface area contributed by atoms with E-state index in [0.717, 1.165) is 0 Å². The van der Waals surface area contributed by atoms with E-state index in [1.165, 1.54) is 0 Å². The lowest BCUT2D eigenvalue weighted by Crippen LogP contribution is -2.17. The summed E-state index contributed by atoms with van der Waals surface area (Å²) >= 11 is 0. The van der Waals surface area contributed by atoms with Crippen LogP contribution >= 0.6 is 0 Å². The number of carbonyl (C=O) groups is 2. The topological polar surface area (TPSA) is 52.6 Å². The standard InChI is InChI=1S/C15H20O4/c1-5-18-14(16)12-8-6-7-11(4)13(12)15(17)19-9-10(2)3/h6-8,10H,5,9H2,1-4H3. The Labute approximate surface area is 113 Å². The van der Waals surface area contributed by atoms with Gasteiger partial charge in [0.1, 0.15) is 0 Å². The fraction of sp³-hybridized carbons (Fsp3) is 0.467. The maximum absolute atomic E-state index is 12.1. The molecule has 0 atom stereocenters. The van der Waals surface area contributed by atoms with E-state index in [0.29, 0.717) is 17.7 Å². The Bertz CT molecular complexity index is 463. The second-order valence-electron chi connectivity index (χ2n) is 4.71. The first-order valence-corrected chi connectivity index (χ1v) is 6.41. The second kappa shape index (κ2) is 6.92. The van der Waals surface area contributed by atoms with E-state index in [1.807, 2.05) is 13.8 Å². The van der Waals surface area contributed by atoms with Crippen molar-refractivity contribution in [2.45, 2.75) is 27.7 Å². The van der Waals surface area contributed by atoms with Gasteiger partial charge in [0.25, 0.3) is 0 Å². The van der Waals surface area contributed by atoms with Crippen molar-refractivity contribution in [2.75, 3.05) is 13.2 Å². The van der Waals surface area contributed by atoms with Crippen molar-refractivity contribution in [3.05, 3.63) is 34.9 Å². The minimum atomic E-state index is -0.498. The first-order valence-electron chi connectivity index (χ1n) is 6.41. The van der Waals surface area contributed by atoms with Gasteiger partial charge in [0, 0.05) is 0 Å². The van der Waals surface area contributed by atoms with E-state index in [1.54, 1.807) is 32.0 Å². The third-order valence-corrected chi connectivity index (χ3v) is 2.52. The fourth-order valence-corrected chi connectivity index (χ4v) is 1.63. The molecule has 1 rings (SSSR count). The van der Waals surface area contributed by atoms with Crippen molar-refractivity contribution in [3.8, 4) is 0 Å². The van der Waals surface area contributed by atoms with E-state index >= 15 is 0 Å². The minimum Gasteiger partial charge on any atom is -0.462 e. The van der Waals surface area contributed by atoms with Gasteiger partial charge in [-0.25, -0.2) is 9.59 Å². The molecule has 0 spiro atoms. The van der Waals surface area contributed by atoms with Crippen LogP contribution in [0.3, 0.4) is 0 Å². The van der Waals surface area contributed by atoms with Crippen molar-refractivity contribution in [1.29, 1.82) is 0 Å². The molecule has 4 nitrogen and oxygen atoms in total. The number of benzene rings is 1. The zero-order valence-corrected chi connectivity index (χ0v) is 11.9. The van der Waals surface area contributed by atoms with Gasteiger partial charge in [-0.3, -0.25) is 0 Å². The lowest BCUT2D eigenvalue weighted by atomic mass is 10.0. The van der Waals surface area contributed by atoms with Gasteiger partial charge in [0.15, 0.2) is 0 Å². The number of hydrogen-bond acceptors (Lipinski definition) is 4. The summed E-state index contributed by atoms with van der Waals surface area (Å²) in [4.78, 5) is 23.9. The highest BCUT2D eigenvalue weighted by molar-refractivity contribution is 6.04. The van der Waals surface area contributed by atoms with Crippen LogP contribution < -0.4 is 0 Å². The van der Waals surface area contributed by atoms with Crippen LogP contribution in [0, 0.1) is 12.8 Å². The van der Waals surface area contributed by atoms with Crippen LogP contribution in [0.5, 0.6) is 0 Å². The van der Waals surface area contributed by atoms with Gasteiger partial charge < -0.3 is 9.47 Å². The number of rotatable bonds is 5. The van der Waals surface area contributed by atoms with Gasteiger partial charge in [0.2, 0.25) is 0 Å². The highest BCUT2D eigenvalue weighted by Crippen LogP contribution is 2.17. The van der Waals surface area contributed by atoms with Crippen molar-refractivity contribution >= 4 is 11.9 Å². The predicted octanol–water partition coefficient (Wildman–Crippen LogP) is 2.98. The number of carbonyl (C=O) groups excluding carboxylic acids is 2. The lowest BCUT2D eigenvalue weighted by molar-refractivity contribution is 0.0434. The average molecular weight is 264 g/mol. The van der Waals surface area contributed by atoms with Crippen LogP contribution in [0.2, 0.25) is 0 Å². The number of ether oxygens (including phenoxy) is 2. The number of aryl methyl sites for hydroxylation is 1. The molecule has 0 aromatic heterocycles. The third-order valence-electron chi connectivity index (χ3n) is 2.52. The molecule has 0 unspecified atom stereocenters. The van der Waals surface area contributed by atoms with Crippen molar-refractivity contribution < 1.29 is 19.1 Å². The van der Waals surface area contributed by atoms with Crippen LogP contribution in [0.1, 0.15) is 47.1 Å². The van der Waals surface area contributed by atoms with Gasteiger partial charge >= 0.3 is 11.9 Å².